The van der Waals surface area contributed by atoms with E-state index in [-0.39, 0.29) is 22.6 Å². The predicted octanol–water partition coefficient (Wildman–Crippen LogP) is 2.97. The summed E-state index contributed by atoms with van der Waals surface area (Å²) < 4.78 is 0. The van der Waals surface area contributed by atoms with Crippen LogP contribution in [0.1, 0.15) is 23.6 Å². The minimum absolute atomic E-state index is 0.00935. The first-order chi connectivity index (χ1) is 14.3. The van der Waals surface area contributed by atoms with Crippen molar-refractivity contribution < 1.29 is 19.6 Å². The van der Waals surface area contributed by atoms with Gasteiger partial charge < -0.3 is 14.9 Å². The molecule has 30 heavy (non-hydrogen) atoms. The highest BCUT2D eigenvalue weighted by molar-refractivity contribution is 6.46. The molecule has 2 aromatic carbocycles. The van der Waals surface area contributed by atoms with Crippen LogP contribution in [0.5, 0.6) is 0 Å². The van der Waals surface area contributed by atoms with Gasteiger partial charge in [0.25, 0.3) is 17.4 Å². The number of carbonyl (C=O) groups excluding carboxylic acids is 2. The van der Waals surface area contributed by atoms with Crippen molar-refractivity contribution in [2.24, 2.45) is 0 Å². The van der Waals surface area contributed by atoms with Gasteiger partial charge in [-0.1, -0.05) is 30.3 Å². The number of nitro benzene ring substituents is 1. The molecule has 0 saturated carbocycles. The molecule has 0 aliphatic carbocycles. The van der Waals surface area contributed by atoms with Gasteiger partial charge in [-0.15, -0.1) is 0 Å². The van der Waals surface area contributed by atoms with Gasteiger partial charge in [0, 0.05) is 24.2 Å². The molecule has 0 unspecified atom stereocenters. The van der Waals surface area contributed by atoms with Gasteiger partial charge in [0.05, 0.1) is 16.5 Å². The van der Waals surface area contributed by atoms with Crippen LogP contribution >= 0.6 is 0 Å². The fraction of sp³-hybridized carbons (Fsp3) is 0.273. The largest absolute Gasteiger partial charge is 0.507 e. The van der Waals surface area contributed by atoms with E-state index in [9.17, 15) is 24.8 Å². The van der Waals surface area contributed by atoms with Crippen LogP contribution in [0.3, 0.4) is 0 Å². The van der Waals surface area contributed by atoms with Crippen molar-refractivity contribution in [3.05, 3.63) is 81.4 Å². The van der Waals surface area contributed by atoms with E-state index in [0.29, 0.717) is 18.5 Å². The Morgan fingerprint density at radius 3 is 2.30 bits per heavy atom. The molecular formula is C22H23N3O5. The van der Waals surface area contributed by atoms with Crippen LogP contribution in [-0.4, -0.2) is 58.7 Å². The highest BCUT2D eigenvalue weighted by atomic mass is 16.6. The lowest BCUT2D eigenvalue weighted by atomic mass is 9.95. The number of hydrogen-bond acceptors (Lipinski definition) is 6. The van der Waals surface area contributed by atoms with Gasteiger partial charge in [0.1, 0.15) is 5.76 Å². The molecule has 0 bridgehead atoms. The van der Waals surface area contributed by atoms with E-state index in [4.69, 9.17) is 0 Å². The van der Waals surface area contributed by atoms with Gasteiger partial charge in [-0.2, -0.15) is 0 Å². The molecule has 0 aromatic heterocycles. The van der Waals surface area contributed by atoms with Crippen molar-refractivity contribution >= 4 is 23.1 Å². The summed E-state index contributed by atoms with van der Waals surface area (Å²) in [6.45, 7) is 1.10. The normalized spacial score (nSPS) is 18.2. The quantitative estimate of drug-likeness (QED) is 0.248. The third-order valence-corrected chi connectivity index (χ3v) is 5.01. The molecule has 1 atom stereocenters. The minimum Gasteiger partial charge on any atom is -0.507 e. The first-order valence-corrected chi connectivity index (χ1v) is 9.54. The van der Waals surface area contributed by atoms with Crippen molar-refractivity contribution in [2.45, 2.75) is 12.5 Å². The first-order valence-electron chi connectivity index (χ1n) is 9.54. The molecule has 8 nitrogen and oxygen atoms in total. The van der Waals surface area contributed by atoms with Gasteiger partial charge in [-0.25, -0.2) is 0 Å². The molecule has 156 valence electrons. The van der Waals surface area contributed by atoms with E-state index in [1.165, 1.54) is 29.2 Å². The highest BCUT2D eigenvalue weighted by Crippen LogP contribution is 2.39. The Kier molecular flexibility index (Phi) is 6.27. The smallest absolute Gasteiger partial charge is 0.295 e. The molecule has 3 rings (SSSR count). The highest BCUT2D eigenvalue weighted by Gasteiger charge is 2.45. The van der Waals surface area contributed by atoms with E-state index < -0.39 is 22.7 Å². The second kappa shape index (κ2) is 8.87. The van der Waals surface area contributed by atoms with Crippen LogP contribution in [0.15, 0.2) is 60.2 Å². The minimum atomic E-state index is -0.760. The number of rotatable bonds is 7. The molecule has 1 N–H and O–H groups in total. The molecule has 1 aliphatic heterocycles. The maximum absolute atomic E-state index is 12.9. The Morgan fingerprint density at radius 2 is 1.73 bits per heavy atom. The molecule has 0 radical (unpaired) electrons. The average Bonchev–Trinajstić information content (AvgIpc) is 2.98. The number of benzene rings is 2. The Balaban J connectivity index is 2.05. The van der Waals surface area contributed by atoms with Gasteiger partial charge in [-0.05, 0) is 44.8 Å². The Bertz CT molecular complexity index is 984. The summed E-state index contributed by atoms with van der Waals surface area (Å²) in [7, 11) is 3.86. The molecule has 1 amide bonds. The van der Waals surface area contributed by atoms with Crippen LogP contribution in [0.25, 0.3) is 5.76 Å². The monoisotopic (exact) mass is 409 g/mol. The lowest BCUT2D eigenvalue weighted by Crippen LogP contribution is -2.32. The van der Waals surface area contributed by atoms with E-state index in [0.717, 1.165) is 6.54 Å². The zero-order valence-electron chi connectivity index (χ0n) is 16.8. The number of aliphatic hydroxyl groups excluding tert-OH is 1. The van der Waals surface area contributed by atoms with E-state index >= 15 is 0 Å². The van der Waals surface area contributed by atoms with Gasteiger partial charge in [-0.3, -0.25) is 19.7 Å². The third kappa shape index (κ3) is 4.23. The second-order valence-corrected chi connectivity index (χ2v) is 7.36. The number of Topliss-reactive ketones (excluding diaryl/α,β-unsaturated/α-hetero) is 1. The summed E-state index contributed by atoms with van der Waals surface area (Å²) in [5.74, 6) is -1.76. The first kappa shape index (κ1) is 21.2. The number of nitro groups is 1. The van der Waals surface area contributed by atoms with Crippen molar-refractivity contribution in [1.29, 1.82) is 0 Å². The summed E-state index contributed by atoms with van der Waals surface area (Å²) in [6, 6.07) is 13.6. The van der Waals surface area contributed by atoms with Crippen molar-refractivity contribution in [1.82, 2.24) is 9.80 Å². The summed E-state index contributed by atoms with van der Waals surface area (Å²) in [5, 5.41) is 21.8. The maximum atomic E-state index is 12.9. The van der Waals surface area contributed by atoms with Gasteiger partial charge >= 0.3 is 0 Å². The maximum Gasteiger partial charge on any atom is 0.295 e. The van der Waals surface area contributed by atoms with Gasteiger partial charge in [0.2, 0.25) is 0 Å². The molecule has 1 fully saturated rings. The number of aliphatic hydroxyl groups is 1. The van der Waals surface area contributed by atoms with E-state index in [1.807, 2.05) is 25.1 Å². The summed E-state index contributed by atoms with van der Waals surface area (Å²) in [5.41, 5.74) is 0.818. The average molecular weight is 409 g/mol. The van der Waals surface area contributed by atoms with Crippen LogP contribution in [0.4, 0.5) is 5.69 Å². The van der Waals surface area contributed by atoms with Crippen LogP contribution in [0.2, 0.25) is 0 Å². The lowest BCUT2D eigenvalue weighted by molar-refractivity contribution is -0.384. The van der Waals surface area contributed by atoms with Crippen molar-refractivity contribution in [3.63, 3.8) is 0 Å². The lowest BCUT2D eigenvalue weighted by Gasteiger charge is -2.26. The number of hydrogen-bond donors (Lipinski definition) is 1. The molecule has 2 aromatic rings. The fourth-order valence-electron chi connectivity index (χ4n) is 3.55. The zero-order valence-corrected chi connectivity index (χ0v) is 16.8. The molecule has 1 heterocycles. The van der Waals surface area contributed by atoms with Crippen LogP contribution in [0, 0.1) is 10.1 Å². The predicted molar refractivity (Wildman–Crippen MR) is 112 cm³/mol. The number of likely N-dealkylation sites (tertiary alicyclic amines) is 1. The summed E-state index contributed by atoms with van der Waals surface area (Å²) >= 11 is 0. The Labute approximate surface area is 174 Å². The SMILES string of the molecule is CN(C)CCCN1C(=O)C(=O)C(=C(O)c2ccc([N+](=O)[O-])cc2)[C@H]1c1ccccc1. The standard InChI is InChI=1S/C22H23N3O5/c1-23(2)13-6-14-24-19(15-7-4-3-5-8-15)18(21(27)22(24)28)20(26)16-9-11-17(12-10-16)25(29)30/h3-5,7-12,19,26H,6,13-14H2,1-2H3/t19-/m1/s1. The molecule has 8 heteroatoms. The summed E-state index contributed by atoms with van der Waals surface area (Å²) in [4.78, 5) is 39.5. The van der Waals surface area contributed by atoms with Crippen LogP contribution in [-0.2, 0) is 9.59 Å². The number of non-ortho nitro benzene ring substituents is 1. The van der Waals surface area contributed by atoms with Gasteiger partial charge in [0.15, 0.2) is 0 Å². The number of nitrogens with zero attached hydrogens (tertiary/aromatic N) is 3. The van der Waals surface area contributed by atoms with Crippen molar-refractivity contribution in [2.75, 3.05) is 27.2 Å². The third-order valence-electron chi connectivity index (χ3n) is 5.01. The second-order valence-electron chi connectivity index (χ2n) is 7.36. The number of ketones is 1. The number of carbonyl (C=O) groups is 2. The summed E-state index contributed by atoms with van der Waals surface area (Å²) in [6.07, 6.45) is 0.668. The topological polar surface area (TPSA) is 104 Å². The zero-order chi connectivity index (χ0) is 21.8. The van der Waals surface area contributed by atoms with E-state index in [1.54, 1.807) is 24.3 Å². The Hall–Kier alpha value is -3.52. The molecule has 0 spiro atoms. The van der Waals surface area contributed by atoms with E-state index in [2.05, 4.69) is 0 Å². The molecule has 1 aliphatic rings. The van der Waals surface area contributed by atoms with Crippen molar-refractivity contribution in [3.8, 4) is 0 Å². The number of amides is 1. The molecule has 1 saturated heterocycles. The fourth-order valence-corrected chi connectivity index (χ4v) is 3.55. The molecular weight excluding hydrogens is 386 g/mol. The Morgan fingerprint density at radius 1 is 1.10 bits per heavy atom. The van der Waals surface area contributed by atoms with Crippen LogP contribution < -0.4 is 0 Å².